The van der Waals surface area contributed by atoms with Gasteiger partial charge in [-0.2, -0.15) is 0 Å². The van der Waals surface area contributed by atoms with Gasteiger partial charge in [-0.1, -0.05) is 20.5 Å². The minimum atomic E-state index is -0.521. The fraction of sp³-hybridized carbons (Fsp3) is 1.00. The monoisotopic (exact) mass is 338 g/mol. The lowest BCUT2D eigenvalue weighted by atomic mass is 10.3. The summed E-state index contributed by atoms with van der Waals surface area (Å²) >= 11 is 0. The highest BCUT2D eigenvalue weighted by molar-refractivity contribution is 4.70. The Hall–Kier alpha value is -2.84. The second-order valence-electron chi connectivity index (χ2n) is 4.40. The van der Waals surface area contributed by atoms with Gasteiger partial charge in [-0.25, -0.2) is 0 Å². The van der Waals surface area contributed by atoms with Crippen LogP contribution >= 0.6 is 0 Å². The summed E-state index contributed by atoms with van der Waals surface area (Å²) in [5, 5.41) is 13.6. The van der Waals surface area contributed by atoms with Crippen LogP contribution in [0.1, 0.15) is 12.8 Å². The number of rotatable bonds is 15. The molecular weight excluding hydrogens is 320 g/mol. The summed E-state index contributed by atoms with van der Waals surface area (Å²) in [5.74, 6) is 0. The van der Waals surface area contributed by atoms with E-state index in [1.54, 1.807) is 0 Å². The van der Waals surface area contributed by atoms with Crippen molar-refractivity contribution in [2.24, 2.45) is 20.5 Å². The van der Waals surface area contributed by atoms with Crippen LogP contribution in [0.15, 0.2) is 20.5 Å². The Morgan fingerprint density at radius 2 is 1.08 bits per heavy atom. The van der Waals surface area contributed by atoms with Crippen LogP contribution in [-0.2, 0) is 9.47 Å². The van der Waals surface area contributed by atoms with E-state index in [1.165, 1.54) is 0 Å². The van der Waals surface area contributed by atoms with Crippen molar-refractivity contribution in [1.82, 2.24) is 0 Å². The zero-order chi connectivity index (χ0) is 17.9. The largest absolute Gasteiger partial charge is 0.381 e. The third kappa shape index (κ3) is 12.9. The summed E-state index contributed by atoms with van der Waals surface area (Å²) in [7, 11) is 0. The van der Waals surface area contributed by atoms with Gasteiger partial charge in [0.05, 0.1) is 25.3 Å². The first-order chi connectivity index (χ1) is 11.8. The van der Waals surface area contributed by atoms with Gasteiger partial charge in [0.2, 0.25) is 0 Å². The van der Waals surface area contributed by atoms with Gasteiger partial charge < -0.3 is 9.47 Å². The first-order valence-electron chi connectivity index (χ1n) is 7.04. The van der Waals surface area contributed by atoms with E-state index in [4.69, 9.17) is 31.6 Å². The van der Waals surface area contributed by atoms with Gasteiger partial charge in [0.25, 0.3) is 0 Å². The molecule has 0 aliphatic carbocycles. The van der Waals surface area contributed by atoms with Crippen molar-refractivity contribution in [1.29, 1.82) is 0 Å². The zero-order valence-corrected chi connectivity index (χ0v) is 13.0. The first-order valence-corrected chi connectivity index (χ1v) is 7.04. The van der Waals surface area contributed by atoms with Crippen LogP contribution in [-0.4, -0.2) is 51.6 Å². The van der Waals surface area contributed by atoms with Crippen molar-refractivity contribution in [3.8, 4) is 0 Å². The molecule has 2 atom stereocenters. The molecule has 0 saturated heterocycles. The van der Waals surface area contributed by atoms with E-state index in [2.05, 4.69) is 40.1 Å². The van der Waals surface area contributed by atoms with Gasteiger partial charge in [-0.15, -0.1) is 0 Å². The lowest BCUT2D eigenvalue weighted by molar-refractivity contribution is 0.0929. The minimum absolute atomic E-state index is 0.0512. The molecule has 0 aromatic rings. The summed E-state index contributed by atoms with van der Waals surface area (Å²) in [6.45, 7) is 1.33. The average molecular weight is 338 g/mol. The van der Waals surface area contributed by atoms with Crippen molar-refractivity contribution in [2.75, 3.05) is 39.5 Å². The van der Waals surface area contributed by atoms with Gasteiger partial charge >= 0.3 is 0 Å². The van der Waals surface area contributed by atoms with Crippen molar-refractivity contribution in [3.05, 3.63) is 41.8 Å². The molecule has 130 valence electrons. The van der Waals surface area contributed by atoms with Crippen molar-refractivity contribution in [2.45, 2.75) is 24.9 Å². The molecule has 14 heteroatoms. The number of nitrogens with zero attached hydrogens (tertiary/aromatic N) is 12. The standard InChI is InChI=1S/C10H18N12O2/c11-19-15-5-9(17-21-13)7-23-3-1-2-4-24-8-10(18-22-14)6-16-20-12/h9-10H,1-8H2. The van der Waals surface area contributed by atoms with Crippen LogP contribution in [0.2, 0.25) is 0 Å². The maximum Gasteiger partial charge on any atom is 0.0663 e. The molecule has 24 heavy (non-hydrogen) atoms. The quantitative estimate of drug-likeness (QED) is 0.188. The molecule has 0 bridgehead atoms. The Balaban J connectivity index is 3.74. The van der Waals surface area contributed by atoms with Gasteiger partial charge in [-0.05, 0) is 35.0 Å². The molecule has 0 spiro atoms. The van der Waals surface area contributed by atoms with Crippen LogP contribution in [0.4, 0.5) is 0 Å². The smallest absolute Gasteiger partial charge is 0.0663 e. The maximum atomic E-state index is 8.37. The molecular formula is C10H18N12O2. The van der Waals surface area contributed by atoms with Crippen molar-refractivity contribution < 1.29 is 9.47 Å². The summed E-state index contributed by atoms with van der Waals surface area (Å²) in [4.78, 5) is 10.5. The van der Waals surface area contributed by atoms with Gasteiger partial charge in [0.1, 0.15) is 0 Å². The fourth-order valence-electron chi connectivity index (χ4n) is 1.50. The summed E-state index contributed by atoms with van der Waals surface area (Å²) < 4.78 is 10.7. The molecule has 0 aromatic heterocycles. The van der Waals surface area contributed by atoms with Crippen molar-refractivity contribution >= 4 is 0 Å². The maximum absolute atomic E-state index is 8.37. The second kappa shape index (κ2) is 16.5. The normalized spacial score (nSPS) is 11.8. The van der Waals surface area contributed by atoms with Crippen molar-refractivity contribution in [3.63, 3.8) is 0 Å². The van der Waals surface area contributed by atoms with E-state index in [0.29, 0.717) is 26.1 Å². The highest BCUT2D eigenvalue weighted by Gasteiger charge is 2.06. The lowest BCUT2D eigenvalue weighted by Gasteiger charge is -2.10. The van der Waals surface area contributed by atoms with Crippen LogP contribution in [0.3, 0.4) is 0 Å². The molecule has 0 aliphatic heterocycles. The summed E-state index contributed by atoms with van der Waals surface area (Å²) in [5.41, 5.74) is 33.2. The van der Waals surface area contributed by atoms with Gasteiger partial charge in [-0.3, -0.25) is 0 Å². The number of unbranched alkanes of at least 4 members (excludes halogenated alkanes) is 1. The predicted octanol–water partition coefficient (Wildman–Crippen LogP) is 3.78. The number of hydrogen-bond donors (Lipinski definition) is 0. The Labute approximate surface area is 137 Å². The molecule has 0 aromatic carbocycles. The highest BCUT2D eigenvalue weighted by atomic mass is 16.5. The molecule has 0 amide bonds. The number of ether oxygens (including phenoxy) is 2. The molecule has 2 unspecified atom stereocenters. The molecule has 0 aliphatic rings. The lowest BCUT2D eigenvalue weighted by Crippen LogP contribution is -2.17. The van der Waals surface area contributed by atoms with Gasteiger partial charge in [0.15, 0.2) is 0 Å². The third-order valence-corrected chi connectivity index (χ3v) is 2.59. The minimum Gasteiger partial charge on any atom is -0.381 e. The van der Waals surface area contributed by atoms with E-state index in [-0.39, 0.29) is 26.3 Å². The third-order valence-electron chi connectivity index (χ3n) is 2.59. The first kappa shape index (κ1) is 21.2. The van der Waals surface area contributed by atoms with E-state index < -0.39 is 12.1 Å². The van der Waals surface area contributed by atoms with Crippen LogP contribution in [0, 0.1) is 0 Å². The topological polar surface area (TPSA) is 214 Å². The Morgan fingerprint density at radius 3 is 1.42 bits per heavy atom. The molecule has 0 fully saturated rings. The molecule has 0 saturated carbocycles. The molecule has 0 N–H and O–H groups in total. The Bertz CT molecular complexity index is 480. The van der Waals surface area contributed by atoms with E-state index >= 15 is 0 Å². The molecule has 14 nitrogen and oxygen atoms in total. The van der Waals surface area contributed by atoms with E-state index in [1.807, 2.05) is 0 Å². The molecule has 0 rings (SSSR count). The van der Waals surface area contributed by atoms with E-state index in [9.17, 15) is 0 Å². The Kier molecular flexibility index (Phi) is 14.6. The average Bonchev–Trinajstić information content (AvgIpc) is 2.59. The van der Waals surface area contributed by atoms with Gasteiger partial charge in [0, 0.05) is 46.0 Å². The van der Waals surface area contributed by atoms with Crippen LogP contribution < -0.4 is 0 Å². The number of hydrogen-bond acceptors (Lipinski definition) is 6. The van der Waals surface area contributed by atoms with Crippen LogP contribution in [0.25, 0.3) is 41.8 Å². The zero-order valence-electron chi connectivity index (χ0n) is 13.0. The molecule has 0 radical (unpaired) electrons. The predicted molar refractivity (Wildman–Crippen MR) is 84.8 cm³/mol. The summed E-state index contributed by atoms with van der Waals surface area (Å²) in [6, 6.07) is -1.04. The fourth-order valence-corrected chi connectivity index (χ4v) is 1.50. The SMILES string of the molecule is [N-]=[N+]=NCC(COCCCCOCC(CN=[N+]=[N-])N=[N+]=[N-])N=[N+]=[N-]. The summed E-state index contributed by atoms with van der Waals surface area (Å²) in [6.07, 6.45) is 1.43. The number of azide groups is 4. The molecule has 0 heterocycles. The van der Waals surface area contributed by atoms with Crippen LogP contribution in [0.5, 0.6) is 0 Å². The van der Waals surface area contributed by atoms with E-state index in [0.717, 1.165) is 0 Å². The Morgan fingerprint density at radius 1 is 0.667 bits per heavy atom. The second-order valence-corrected chi connectivity index (χ2v) is 4.40. The highest BCUT2D eigenvalue weighted by Crippen LogP contribution is 2.00.